The molecule has 6 nitrogen and oxygen atoms in total. The third-order valence-corrected chi connectivity index (χ3v) is 6.40. The second kappa shape index (κ2) is 8.03. The fourth-order valence-electron chi connectivity index (χ4n) is 3.49. The van der Waals surface area contributed by atoms with Gasteiger partial charge in [0, 0.05) is 32.7 Å². The molecule has 1 aromatic carbocycles. The SMILES string of the molecule is Cc1cc(OC2CCNCC2)ccc1CN1CCN(S(C)(=O)=O)CC1. The number of hydrogen-bond acceptors (Lipinski definition) is 5. The first kappa shape index (κ1) is 18.6. The van der Waals surface area contributed by atoms with E-state index in [4.69, 9.17) is 4.74 Å². The maximum absolute atomic E-state index is 11.6. The van der Waals surface area contributed by atoms with Crippen molar-refractivity contribution in [3.05, 3.63) is 29.3 Å². The van der Waals surface area contributed by atoms with Crippen molar-refractivity contribution in [3.63, 3.8) is 0 Å². The average molecular weight is 368 g/mol. The number of ether oxygens (including phenoxy) is 1. The van der Waals surface area contributed by atoms with Gasteiger partial charge in [0.2, 0.25) is 10.0 Å². The normalized spacial score (nSPS) is 21.4. The predicted octanol–water partition coefficient (Wildman–Crippen LogP) is 1.20. The summed E-state index contributed by atoms with van der Waals surface area (Å²) in [6.07, 6.45) is 3.72. The first-order chi connectivity index (χ1) is 11.9. The number of piperidine rings is 1. The van der Waals surface area contributed by atoms with Crippen molar-refractivity contribution in [2.75, 3.05) is 45.5 Å². The number of benzene rings is 1. The van der Waals surface area contributed by atoms with E-state index in [0.29, 0.717) is 19.2 Å². The molecule has 7 heteroatoms. The summed E-state index contributed by atoms with van der Waals surface area (Å²) in [7, 11) is -3.06. The molecule has 0 aromatic heterocycles. The van der Waals surface area contributed by atoms with E-state index in [1.165, 1.54) is 17.4 Å². The lowest BCUT2D eigenvalue weighted by Crippen LogP contribution is -2.47. The maximum Gasteiger partial charge on any atom is 0.211 e. The number of rotatable bonds is 5. The van der Waals surface area contributed by atoms with Crippen LogP contribution >= 0.6 is 0 Å². The van der Waals surface area contributed by atoms with Gasteiger partial charge < -0.3 is 10.1 Å². The summed E-state index contributed by atoms with van der Waals surface area (Å²) in [4.78, 5) is 2.32. The van der Waals surface area contributed by atoms with Gasteiger partial charge in [-0.25, -0.2) is 8.42 Å². The zero-order valence-corrected chi connectivity index (χ0v) is 16.0. The van der Waals surface area contributed by atoms with Crippen LogP contribution in [-0.4, -0.2) is 69.3 Å². The molecule has 2 aliphatic rings. The second-order valence-corrected chi connectivity index (χ2v) is 9.08. The molecule has 2 aliphatic heterocycles. The molecule has 2 fully saturated rings. The van der Waals surface area contributed by atoms with Gasteiger partial charge >= 0.3 is 0 Å². The van der Waals surface area contributed by atoms with Gasteiger partial charge in [0.05, 0.1) is 6.26 Å². The third-order valence-electron chi connectivity index (χ3n) is 5.10. The molecule has 2 saturated heterocycles. The van der Waals surface area contributed by atoms with Crippen LogP contribution in [0.15, 0.2) is 18.2 Å². The Kier molecular flexibility index (Phi) is 5.99. The van der Waals surface area contributed by atoms with Crippen molar-refractivity contribution >= 4 is 10.0 Å². The van der Waals surface area contributed by atoms with E-state index in [0.717, 1.165) is 51.3 Å². The van der Waals surface area contributed by atoms with Crippen LogP contribution in [0.1, 0.15) is 24.0 Å². The van der Waals surface area contributed by atoms with Gasteiger partial charge in [0.1, 0.15) is 11.9 Å². The van der Waals surface area contributed by atoms with Gasteiger partial charge in [-0.2, -0.15) is 4.31 Å². The van der Waals surface area contributed by atoms with Crippen LogP contribution in [0.5, 0.6) is 5.75 Å². The van der Waals surface area contributed by atoms with Crippen LogP contribution in [0.3, 0.4) is 0 Å². The molecule has 0 aliphatic carbocycles. The molecule has 140 valence electrons. The molecular formula is C18H29N3O3S. The largest absolute Gasteiger partial charge is 0.490 e. The van der Waals surface area contributed by atoms with E-state index >= 15 is 0 Å². The molecular weight excluding hydrogens is 338 g/mol. The first-order valence-electron chi connectivity index (χ1n) is 9.06. The fraction of sp³-hybridized carbons (Fsp3) is 0.667. The summed E-state index contributed by atoms with van der Waals surface area (Å²) in [5, 5.41) is 3.35. The molecule has 2 heterocycles. The predicted molar refractivity (Wildman–Crippen MR) is 99.4 cm³/mol. The highest BCUT2D eigenvalue weighted by Crippen LogP contribution is 2.22. The Hall–Kier alpha value is -1.15. The van der Waals surface area contributed by atoms with E-state index in [2.05, 4.69) is 35.3 Å². The van der Waals surface area contributed by atoms with Crippen molar-refractivity contribution in [2.24, 2.45) is 0 Å². The molecule has 0 unspecified atom stereocenters. The minimum Gasteiger partial charge on any atom is -0.490 e. The van der Waals surface area contributed by atoms with Crippen molar-refractivity contribution < 1.29 is 13.2 Å². The van der Waals surface area contributed by atoms with Gasteiger partial charge in [-0.3, -0.25) is 4.90 Å². The molecule has 25 heavy (non-hydrogen) atoms. The highest BCUT2D eigenvalue weighted by Gasteiger charge is 2.23. The van der Waals surface area contributed by atoms with E-state index in [1.54, 1.807) is 4.31 Å². The van der Waals surface area contributed by atoms with Gasteiger partial charge in [-0.15, -0.1) is 0 Å². The van der Waals surface area contributed by atoms with E-state index in [-0.39, 0.29) is 0 Å². The number of piperazine rings is 1. The standard InChI is InChI=1S/C18H29N3O3S/c1-15-13-18(24-17-5-7-19-8-6-17)4-3-16(15)14-20-9-11-21(12-10-20)25(2,22)23/h3-4,13,17,19H,5-12,14H2,1-2H3. The lowest BCUT2D eigenvalue weighted by Gasteiger charge is -2.33. The van der Waals surface area contributed by atoms with Crippen LogP contribution in [0, 0.1) is 6.92 Å². The van der Waals surface area contributed by atoms with Crippen LogP contribution in [0.4, 0.5) is 0 Å². The lowest BCUT2D eigenvalue weighted by molar-refractivity contribution is 0.162. The molecule has 0 spiro atoms. The minimum atomic E-state index is -3.06. The Morgan fingerprint density at radius 3 is 2.44 bits per heavy atom. The highest BCUT2D eigenvalue weighted by molar-refractivity contribution is 7.88. The summed E-state index contributed by atoms with van der Waals surface area (Å²) in [5.74, 6) is 0.954. The Balaban J connectivity index is 1.55. The Labute approximate surface area is 151 Å². The highest BCUT2D eigenvalue weighted by atomic mass is 32.2. The molecule has 0 radical (unpaired) electrons. The van der Waals surface area contributed by atoms with Crippen LogP contribution in [-0.2, 0) is 16.6 Å². The minimum absolute atomic E-state index is 0.315. The Bertz CT molecular complexity index is 679. The van der Waals surface area contributed by atoms with Crippen molar-refractivity contribution in [3.8, 4) is 5.75 Å². The number of nitrogens with zero attached hydrogens (tertiary/aromatic N) is 2. The molecule has 1 aromatic rings. The number of hydrogen-bond donors (Lipinski definition) is 1. The summed E-state index contributed by atoms with van der Waals surface area (Å²) in [6, 6.07) is 6.34. The number of aryl methyl sites for hydroxylation is 1. The summed E-state index contributed by atoms with van der Waals surface area (Å²) in [5.41, 5.74) is 2.52. The lowest BCUT2D eigenvalue weighted by atomic mass is 10.1. The molecule has 3 rings (SSSR count). The topological polar surface area (TPSA) is 61.9 Å². The molecule has 0 saturated carbocycles. The summed E-state index contributed by atoms with van der Waals surface area (Å²) < 4.78 is 30.9. The summed E-state index contributed by atoms with van der Waals surface area (Å²) >= 11 is 0. The van der Waals surface area contributed by atoms with Gasteiger partial charge in [0.25, 0.3) is 0 Å². The third kappa shape index (κ3) is 5.17. The fourth-order valence-corrected chi connectivity index (χ4v) is 4.31. The van der Waals surface area contributed by atoms with Crippen molar-refractivity contribution in [1.29, 1.82) is 0 Å². The van der Waals surface area contributed by atoms with Crippen LogP contribution in [0.2, 0.25) is 0 Å². The smallest absolute Gasteiger partial charge is 0.211 e. The molecule has 0 bridgehead atoms. The van der Waals surface area contributed by atoms with Crippen molar-refractivity contribution in [1.82, 2.24) is 14.5 Å². The Morgan fingerprint density at radius 2 is 1.84 bits per heavy atom. The van der Waals surface area contributed by atoms with Crippen LogP contribution < -0.4 is 10.1 Å². The van der Waals surface area contributed by atoms with Crippen LogP contribution in [0.25, 0.3) is 0 Å². The number of sulfonamides is 1. The quantitative estimate of drug-likeness (QED) is 0.847. The zero-order valence-electron chi connectivity index (χ0n) is 15.2. The molecule has 0 amide bonds. The zero-order chi connectivity index (χ0) is 17.9. The average Bonchev–Trinajstić information content (AvgIpc) is 2.58. The molecule has 1 N–H and O–H groups in total. The second-order valence-electron chi connectivity index (χ2n) is 7.09. The van der Waals surface area contributed by atoms with Gasteiger partial charge in [-0.1, -0.05) is 6.07 Å². The Morgan fingerprint density at radius 1 is 1.16 bits per heavy atom. The molecule has 0 atom stereocenters. The first-order valence-corrected chi connectivity index (χ1v) is 10.9. The van der Waals surface area contributed by atoms with Gasteiger partial charge in [-0.05, 0) is 56.1 Å². The maximum atomic E-state index is 11.6. The number of nitrogens with one attached hydrogen (secondary N) is 1. The van der Waals surface area contributed by atoms with E-state index < -0.39 is 10.0 Å². The van der Waals surface area contributed by atoms with E-state index in [9.17, 15) is 8.42 Å². The van der Waals surface area contributed by atoms with Crippen molar-refractivity contribution in [2.45, 2.75) is 32.4 Å². The van der Waals surface area contributed by atoms with Gasteiger partial charge in [0.15, 0.2) is 0 Å². The summed E-state index contributed by atoms with van der Waals surface area (Å²) in [6.45, 7) is 7.75. The van der Waals surface area contributed by atoms with E-state index in [1.807, 2.05) is 0 Å². The monoisotopic (exact) mass is 367 g/mol.